The van der Waals surface area contributed by atoms with E-state index in [1.165, 1.54) is 17.7 Å². The van der Waals surface area contributed by atoms with Crippen molar-refractivity contribution < 1.29 is 4.39 Å². The third-order valence-electron chi connectivity index (χ3n) is 2.87. The molecular formula is C13H16FN3. The molecule has 3 nitrogen and oxygen atoms in total. The molecule has 2 aromatic rings. The van der Waals surface area contributed by atoms with E-state index < -0.39 is 0 Å². The predicted molar refractivity (Wildman–Crippen MR) is 65.8 cm³/mol. The van der Waals surface area contributed by atoms with E-state index in [0.29, 0.717) is 0 Å². The topological polar surface area (TPSA) is 29.9 Å². The summed E-state index contributed by atoms with van der Waals surface area (Å²) in [4.78, 5) is 0. The lowest BCUT2D eigenvalue weighted by Crippen LogP contribution is -2.07. The molecule has 2 rings (SSSR count). The maximum absolute atomic E-state index is 12.9. The number of nitrogens with one attached hydrogen (secondary N) is 1. The lowest BCUT2D eigenvalue weighted by atomic mass is 10.2. The molecule has 0 fully saturated rings. The second kappa shape index (κ2) is 4.67. The standard InChI is InChI=1S/C13H16FN3/c1-9-13(8-15-3)10(2)17(16-9)12-6-4-11(14)5-7-12/h4-7,15H,8H2,1-3H3. The van der Waals surface area contributed by atoms with Gasteiger partial charge < -0.3 is 5.32 Å². The Kier molecular flexibility index (Phi) is 3.24. The van der Waals surface area contributed by atoms with Crippen LogP contribution in [0.25, 0.3) is 5.69 Å². The molecule has 0 aliphatic rings. The highest BCUT2D eigenvalue weighted by molar-refractivity contribution is 5.37. The maximum atomic E-state index is 12.9. The summed E-state index contributed by atoms with van der Waals surface area (Å²) in [5.74, 6) is -0.231. The van der Waals surface area contributed by atoms with E-state index in [-0.39, 0.29) is 5.82 Å². The molecule has 0 amide bonds. The van der Waals surface area contributed by atoms with Gasteiger partial charge in [0, 0.05) is 17.8 Å². The van der Waals surface area contributed by atoms with E-state index in [4.69, 9.17) is 0 Å². The molecule has 1 N–H and O–H groups in total. The first kappa shape index (κ1) is 11.8. The van der Waals surface area contributed by atoms with E-state index in [1.807, 2.05) is 25.6 Å². The molecule has 0 unspecified atom stereocenters. The average molecular weight is 233 g/mol. The van der Waals surface area contributed by atoms with E-state index in [1.54, 1.807) is 12.1 Å². The van der Waals surface area contributed by atoms with Gasteiger partial charge in [-0.1, -0.05) is 0 Å². The Labute approximate surface area is 100 Å². The van der Waals surface area contributed by atoms with Crippen molar-refractivity contribution in [1.82, 2.24) is 15.1 Å². The monoisotopic (exact) mass is 233 g/mol. The van der Waals surface area contributed by atoms with Crippen LogP contribution in [0.2, 0.25) is 0 Å². The number of hydrogen-bond donors (Lipinski definition) is 1. The lowest BCUT2D eigenvalue weighted by Gasteiger charge is -2.05. The van der Waals surface area contributed by atoms with E-state index in [2.05, 4.69) is 10.4 Å². The highest BCUT2D eigenvalue weighted by Crippen LogP contribution is 2.17. The maximum Gasteiger partial charge on any atom is 0.123 e. The summed E-state index contributed by atoms with van der Waals surface area (Å²) >= 11 is 0. The first-order valence-electron chi connectivity index (χ1n) is 5.59. The van der Waals surface area contributed by atoms with Gasteiger partial charge in [-0.2, -0.15) is 5.10 Å². The number of nitrogens with zero attached hydrogens (tertiary/aromatic N) is 2. The van der Waals surface area contributed by atoms with Gasteiger partial charge in [-0.25, -0.2) is 9.07 Å². The Morgan fingerprint density at radius 1 is 1.24 bits per heavy atom. The highest BCUT2D eigenvalue weighted by atomic mass is 19.1. The highest BCUT2D eigenvalue weighted by Gasteiger charge is 2.11. The van der Waals surface area contributed by atoms with Crippen LogP contribution in [-0.4, -0.2) is 16.8 Å². The van der Waals surface area contributed by atoms with Crippen molar-refractivity contribution in [2.45, 2.75) is 20.4 Å². The summed E-state index contributed by atoms with van der Waals surface area (Å²) in [5.41, 5.74) is 4.16. The smallest absolute Gasteiger partial charge is 0.123 e. The average Bonchev–Trinajstić information content (AvgIpc) is 2.59. The Morgan fingerprint density at radius 2 is 1.88 bits per heavy atom. The fourth-order valence-corrected chi connectivity index (χ4v) is 1.94. The van der Waals surface area contributed by atoms with Crippen LogP contribution in [0.4, 0.5) is 4.39 Å². The zero-order chi connectivity index (χ0) is 12.4. The molecule has 0 spiro atoms. The molecule has 0 radical (unpaired) electrons. The zero-order valence-corrected chi connectivity index (χ0v) is 10.3. The van der Waals surface area contributed by atoms with Crippen LogP contribution in [0.15, 0.2) is 24.3 Å². The fraction of sp³-hybridized carbons (Fsp3) is 0.308. The van der Waals surface area contributed by atoms with Crippen LogP contribution in [0.3, 0.4) is 0 Å². The van der Waals surface area contributed by atoms with Crippen molar-refractivity contribution in [3.8, 4) is 5.69 Å². The molecule has 1 aromatic carbocycles. The van der Waals surface area contributed by atoms with Gasteiger partial charge in [0.1, 0.15) is 5.82 Å². The molecule has 0 aliphatic carbocycles. The predicted octanol–water partition coefficient (Wildman–Crippen LogP) is 2.35. The molecule has 17 heavy (non-hydrogen) atoms. The first-order chi connectivity index (χ1) is 8.13. The second-order valence-corrected chi connectivity index (χ2v) is 4.07. The molecular weight excluding hydrogens is 217 g/mol. The normalized spacial score (nSPS) is 10.8. The lowest BCUT2D eigenvalue weighted by molar-refractivity contribution is 0.627. The molecule has 1 aromatic heterocycles. The molecule has 4 heteroatoms. The summed E-state index contributed by atoms with van der Waals surface area (Å²) in [7, 11) is 1.91. The van der Waals surface area contributed by atoms with Crippen molar-refractivity contribution in [2.75, 3.05) is 7.05 Å². The third kappa shape index (κ3) is 2.22. The van der Waals surface area contributed by atoms with Crippen LogP contribution in [0, 0.1) is 19.7 Å². The largest absolute Gasteiger partial charge is 0.316 e. The SMILES string of the molecule is CNCc1c(C)nn(-c2ccc(F)cc2)c1C. The van der Waals surface area contributed by atoms with Gasteiger partial charge in [0.15, 0.2) is 0 Å². The van der Waals surface area contributed by atoms with Crippen molar-refractivity contribution in [3.63, 3.8) is 0 Å². The summed E-state index contributed by atoms with van der Waals surface area (Å²) in [6.07, 6.45) is 0. The molecule has 0 atom stereocenters. The summed E-state index contributed by atoms with van der Waals surface area (Å²) in [6.45, 7) is 4.80. The van der Waals surface area contributed by atoms with Crippen molar-refractivity contribution >= 4 is 0 Å². The van der Waals surface area contributed by atoms with Crippen molar-refractivity contribution in [2.24, 2.45) is 0 Å². The Bertz CT molecular complexity index is 514. The second-order valence-electron chi connectivity index (χ2n) is 4.07. The summed E-state index contributed by atoms with van der Waals surface area (Å²) in [5, 5.41) is 7.61. The fourth-order valence-electron chi connectivity index (χ4n) is 1.94. The number of aromatic nitrogens is 2. The van der Waals surface area contributed by atoms with Gasteiger partial charge in [0.2, 0.25) is 0 Å². The quantitative estimate of drug-likeness (QED) is 0.882. The number of hydrogen-bond acceptors (Lipinski definition) is 2. The number of halogens is 1. The molecule has 0 saturated heterocycles. The minimum atomic E-state index is -0.231. The number of benzene rings is 1. The third-order valence-corrected chi connectivity index (χ3v) is 2.87. The van der Waals surface area contributed by atoms with Crippen LogP contribution in [0.5, 0.6) is 0 Å². The summed E-state index contributed by atoms with van der Waals surface area (Å²) < 4.78 is 14.7. The van der Waals surface area contributed by atoms with Crippen LogP contribution < -0.4 is 5.32 Å². The van der Waals surface area contributed by atoms with Crippen LogP contribution >= 0.6 is 0 Å². The molecule has 90 valence electrons. The van der Waals surface area contributed by atoms with Gasteiger partial charge in [-0.15, -0.1) is 0 Å². The van der Waals surface area contributed by atoms with E-state index in [9.17, 15) is 4.39 Å². The van der Waals surface area contributed by atoms with Gasteiger partial charge >= 0.3 is 0 Å². The van der Waals surface area contributed by atoms with Gasteiger partial charge in [-0.05, 0) is 45.2 Å². The van der Waals surface area contributed by atoms with Crippen molar-refractivity contribution in [3.05, 3.63) is 47.0 Å². The first-order valence-corrected chi connectivity index (χ1v) is 5.59. The summed E-state index contributed by atoms with van der Waals surface area (Å²) in [6, 6.07) is 6.36. The van der Waals surface area contributed by atoms with Gasteiger partial charge in [0.05, 0.1) is 11.4 Å². The Hall–Kier alpha value is -1.68. The zero-order valence-electron chi connectivity index (χ0n) is 10.3. The number of aryl methyl sites for hydroxylation is 1. The van der Waals surface area contributed by atoms with Crippen molar-refractivity contribution in [1.29, 1.82) is 0 Å². The minimum absolute atomic E-state index is 0.231. The van der Waals surface area contributed by atoms with Gasteiger partial charge in [-0.3, -0.25) is 0 Å². The molecule has 0 aliphatic heterocycles. The molecule has 1 heterocycles. The van der Waals surface area contributed by atoms with Crippen LogP contribution in [-0.2, 0) is 6.54 Å². The van der Waals surface area contributed by atoms with E-state index >= 15 is 0 Å². The Balaban J connectivity index is 2.46. The van der Waals surface area contributed by atoms with E-state index in [0.717, 1.165) is 23.6 Å². The van der Waals surface area contributed by atoms with Crippen LogP contribution in [0.1, 0.15) is 17.0 Å². The number of rotatable bonds is 3. The molecule has 0 saturated carbocycles. The van der Waals surface area contributed by atoms with Gasteiger partial charge in [0.25, 0.3) is 0 Å². The minimum Gasteiger partial charge on any atom is -0.316 e. The molecule has 0 bridgehead atoms. The Morgan fingerprint density at radius 3 is 2.47 bits per heavy atom.